The van der Waals surface area contributed by atoms with Crippen molar-refractivity contribution in [3.8, 4) is 0 Å². The topological polar surface area (TPSA) is 231 Å². The predicted molar refractivity (Wildman–Crippen MR) is 426 cm³/mol. The molecule has 0 spiro atoms. The molecule has 5 atom stereocenters. The standard InChI is InChI=1S/C85H138O16P2/c1-4-7-10-13-16-19-22-25-28-31-32-33-34-35-36-37-38-39-40-41-42-43-44-45-46-49-51-53-56-59-62-65-68-71-83(88)95-74-80(86)75-97-102(91,92)98-76-81(87)77-99-103(93,94)100-79-82(101-85(90)73-70-67-64-61-58-55-52-48-30-27-24-21-18-15-12-9-6-3)78-96-84(89)72-69-66-63-60-57-54-50-47-29-26-23-20-17-14-11-8-5-2/h7-12,16-21,25-30,32-33,35-36,38-39,50,52,54-55,60,63,80-82,86-87H,4-6,13-15,22-24,31,34,37,40-49,51,53,56-59,61-62,64-79H2,1-3H3,(H,91,92)(H,93,94)/b10-7-,11-8-,12-9-,19-16-,20-17-,21-18-,28-25-,29-26-,30-27-,33-32-,36-35-,39-38-,54-50-,55-52-,63-60-. The fraction of sp³-hybridized carbons (Fsp3) is 0.612. The summed E-state index contributed by atoms with van der Waals surface area (Å²) in [6.45, 7) is 2.22. The van der Waals surface area contributed by atoms with Crippen molar-refractivity contribution in [2.75, 3.05) is 39.6 Å². The zero-order valence-electron chi connectivity index (χ0n) is 63.7. The van der Waals surface area contributed by atoms with Crippen LogP contribution < -0.4 is 0 Å². The number of allylic oxidation sites excluding steroid dienone is 30. The van der Waals surface area contributed by atoms with E-state index in [-0.39, 0.29) is 19.3 Å². The lowest BCUT2D eigenvalue weighted by Crippen LogP contribution is -2.30. The highest BCUT2D eigenvalue weighted by molar-refractivity contribution is 7.47. The molecule has 0 aliphatic heterocycles. The third-order valence-electron chi connectivity index (χ3n) is 15.6. The van der Waals surface area contributed by atoms with Crippen molar-refractivity contribution in [3.63, 3.8) is 0 Å². The van der Waals surface area contributed by atoms with Crippen LogP contribution in [-0.4, -0.2) is 95.9 Å². The number of phosphoric acid groups is 2. The summed E-state index contributed by atoms with van der Waals surface area (Å²) in [5.74, 6) is -1.68. The molecule has 16 nitrogen and oxygen atoms in total. The quantitative estimate of drug-likeness (QED) is 0.0146. The lowest BCUT2D eigenvalue weighted by molar-refractivity contribution is -0.161. The average molecular weight is 1480 g/mol. The van der Waals surface area contributed by atoms with E-state index in [2.05, 4.69) is 191 Å². The lowest BCUT2D eigenvalue weighted by atomic mass is 10.0. The Bertz CT molecular complexity index is 2600. The van der Waals surface area contributed by atoms with Crippen molar-refractivity contribution in [3.05, 3.63) is 182 Å². The molecule has 0 aromatic rings. The molecule has 0 radical (unpaired) electrons. The number of phosphoric ester groups is 2. The van der Waals surface area contributed by atoms with Crippen LogP contribution in [0.2, 0.25) is 0 Å². The molecule has 0 heterocycles. The molecule has 0 aliphatic carbocycles. The van der Waals surface area contributed by atoms with Crippen molar-refractivity contribution in [1.29, 1.82) is 0 Å². The maximum Gasteiger partial charge on any atom is 0.472 e. The molecular formula is C85H138O16P2. The second kappa shape index (κ2) is 76.3. The summed E-state index contributed by atoms with van der Waals surface area (Å²) in [6.07, 6.45) is 98.2. The zero-order chi connectivity index (χ0) is 75.2. The van der Waals surface area contributed by atoms with Crippen LogP contribution in [0.1, 0.15) is 278 Å². The van der Waals surface area contributed by atoms with Gasteiger partial charge in [-0.25, -0.2) is 9.13 Å². The first kappa shape index (κ1) is 97.7. The second-order valence-electron chi connectivity index (χ2n) is 25.4. The Morgan fingerprint density at radius 3 is 0.806 bits per heavy atom. The summed E-state index contributed by atoms with van der Waals surface area (Å²) in [6, 6.07) is 0. The van der Waals surface area contributed by atoms with Crippen molar-refractivity contribution in [2.45, 2.75) is 296 Å². The van der Waals surface area contributed by atoms with Crippen LogP contribution in [0.15, 0.2) is 182 Å². The minimum absolute atomic E-state index is 0.0581. The molecule has 0 fully saturated rings. The fourth-order valence-electron chi connectivity index (χ4n) is 9.78. The minimum atomic E-state index is -4.96. The highest BCUT2D eigenvalue weighted by Gasteiger charge is 2.29. The summed E-state index contributed by atoms with van der Waals surface area (Å²) in [5, 5.41) is 20.6. The molecule has 0 rings (SSSR count). The normalized spacial score (nSPS) is 15.0. The van der Waals surface area contributed by atoms with Gasteiger partial charge in [-0.2, -0.15) is 0 Å². The summed E-state index contributed by atoms with van der Waals surface area (Å²) in [7, 11) is -9.82. The van der Waals surface area contributed by atoms with Gasteiger partial charge >= 0.3 is 33.6 Å². The molecule has 0 bridgehead atoms. The monoisotopic (exact) mass is 1480 g/mol. The Morgan fingerprint density at radius 2 is 0.495 bits per heavy atom. The van der Waals surface area contributed by atoms with Gasteiger partial charge < -0.3 is 34.2 Å². The molecule has 0 amide bonds. The first-order valence-electron chi connectivity index (χ1n) is 39.1. The number of carbonyl (C=O) groups is 3. The van der Waals surface area contributed by atoms with Crippen molar-refractivity contribution in [1.82, 2.24) is 0 Å². The van der Waals surface area contributed by atoms with Crippen molar-refractivity contribution in [2.24, 2.45) is 0 Å². The number of carbonyl (C=O) groups excluding carboxylic acids is 3. The van der Waals surface area contributed by atoms with Gasteiger partial charge in [-0.15, -0.1) is 0 Å². The molecular weight excluding hydrogens is 1340 g/mol. The van der Waals surface area contributed by atoms with Crippen molar-refractivity contribution >= 4 is 33.6 Å². The molecule has 103 heavy (non-hydrogen) atoms. The fourth-order valence-corrected chi connectivity index (χ4v) is 11.4. The van der Waals surface area contributed by atoms with E-state index in [1.54, 1.807) is 0 Å². The first-order valence-corrected chi connectivity index (χ1v) is 42.1. The maximum atomic E-state index is 12.9. The van der Waals surface area contributed by atoms with Crippen molar-refractivity contribution < 1.29 is 75.8 Å². The lowest BCUT2D eigenvalue weighted by Gasteiger charge is -2.21. The van der Waals surface area contributed by atoms with E-state index >= 15 is 0 Å². The Morgan fingerprint density at radius 1 is 0.272 bits per heavy atom. The van der Waals surface area contributed by atoms with Gasteiger partial charge in [-0.3, -0.25) is 32.5 Å². The Labute approximate surface area is 624 Å². The van der Waals surface area contributed by atoms with Gasteiger partial charge in [0.2, 0.25) is 0 Å². The van der Waals surface area contributed by atoms with Gasteiger partial charge in [0.25, 0.3) is 0 Å². The molecule has 0 aromatic carbocycles. The van der Waals surface area contributed by atoms with Gasteiger partial charge in [-0.05, 0) is 148 Å². The molecule has 0 saturated carbocycles. The third kappa shape index (κ3) is 77.6. The van der Waals surface area contributed by atoms with E-state index < -0.39 is 91.5 Å². The predicted octanol–water partition coefficient (Wildman–Crippen LogP) is 23.0. The maximum absolute atomic E-state index is 12.9. The number of unbranched alkanes of at least 4 members (excludes halogenated alkanes) is 19. The number of aliphatic hydroxyl groups is 2. The Balaban J connectivity index is 4.53. The van der Waals surface area contributed by atoms with Gasteiger partial charge in [0.15, 0.2) is 6.10 Å². The number of hydrogen-bond acceptors (Lipinski definition) is 14. The molecule has 0 saturated heterocycles. The molecule has 0 aromatic heterocycles. The van der Waals surface area contributed by atoms with Gasteiger partial charge in [0, 0.05) is 19.3 Å². The summed E-state index contributed by atoms with van der Waals surface area (Å²) < 4.78 is 61.0. The van der Waals surface area contributed by atoms with E-state index in [4.69, 9.17) is 32.3 Å². The smallest absolute Gasteiger partial charge is 0.463 e. The largest absolute Gasteiger partial charge is 0.472 e. The zero-order valence-corrected chi connectivity index (χ0v) is 65.5. The van der Waals surface area contributed by atoms with Gasteiger partial charge in [-0.1, -0.05) is 293 Å². The van der Waals surface area contributed by atoms with Gasteiger partial charge in [0.05, 0.1) is 26.4 Å². The van der Waals surface area contributed by atoms with E-state index in [1.807, 2.05) is 12.2 Å². The SMILES string of the molecule is CC/C=C\C/C=C\C/C=C\C/C=C\C/C=C\C/C=C\CCCCCCCCCCCCCCCCC(=O)OCC(O)COP(=O)(O)OCC(O)COP(=O)(O)OCC(COC(=O)CCC/C=C\C/C=C\C/C=C\C/C=C\C/C=C\CC)OC(=O)CCCCCC/C=C\C/C=C\C/C=C\C/C=C\CC. The number of hydrogen-bond donors (Lipinski definition) is 4. The van der Waals surface area contributed by atoms with Crippen LogP contribution in [0.3, 0.4) is 0 Å². The summed E-state index contributed by atoms with van der Waals surface area (Å²) >= 11 is 0. The third-order valence-corrected chi connectivity index (χ3v) is 17.5. The molecule has 4 N–H and O–H groups in total. The van der Waals surface area contributed by atoms with E-state index in [9.17, 15) is 43.5 Å². The Kier molecular flexibility index (Phi) is 72.3. The number of rotatable bonds is 72. The van der Waals surface area contributed by atoms with Crippen LogP contribution in [0.4, 0.5) is 0 Å². The van der Waals surface area contributed by atoms with Gasteiger partial charge in [0.1, 0.15) is 25.4 Å². The van der Waals surface area contributed by atoms with E-state index in [0.29, 0.717) is 25.7 Å². The number of aliphatic hydroxyl groups excluding tert-OH is 2. The highest BCUT2D eigenvalue weighted by Crippen LogP contribution is 2.45. The molecule has 18 heteroatoms. The Hall–Kier alpha value is -5.35. The van der Waals surface area contributed by atoms with E-state index in [0.717, 1.165) is 148 Å². The van der Waals surface area contributed by atoms with Crippen LogP contribution >= 0.6 is 15.6 Å². The van der Waals surface area contributed by atoms with E-state index in [1.165, 1.54) is 64.2 Å². The summed E-state index contributed by atoms with van der Waals surface area (Å²) in [5.41, 5.74) is 0. The summed E-state index contributed by atoms with van der Waals surface area (Å²) in [4.78, 5) is 58.6. The van der Waals surface area contributed by atoms with Crippen LogP contribution in [-0.2, 0) is 55.8 Å². The van der Waals surface area contributed by atoms with Crippen LogP contribution in [0.25, 0.3) is 0 Å². The van der Waals surface area contributed by atoms with Crippen LogP contribution in [0.5, 0.6) is 0 Å². The number of ether oxygens (including phenoxy) is 3. The first-order chi connectivity index (χ1) is 50.2. The second-order valence-corrected chi connectivity index (χ2v) is 28.3. The highest BCUT2D eigenvalue weighted by atomic mass is 31.2. The minimum Gasteiger partial charge on any atom is -0.463 e. The van der Waals surface area contributed by atoms with Crippen LogP contribution in [0, 0.1) is 0 Å². The number of esters is 3. The average Bonchev–Trinajstić information content (AvgIpc) is 0.915. The molecule has 5 unspecified atom stereocenters. The molecule has 0 aliphatic rings. The molecule has 584 valence electrons.